The summed E-state index contributed by atoms with van der Waals surface area (Å²) in [6.45, 7) is 1.74. The van der Waals surface area contributed by atoms with Crippen LogP contribution in [-0.4, -0.2) is 40.8 Å². The quantitative estimate of drug-likeness (QED) is 0.677. The number of hydrogen-bond acceptors (Lipinski definition) is 5. The van der Waals surface area contributed by atoms with Crippen LogP contribution in [0.25, 0.3) is 10.9 Å². The van der Waals surface area contributed by atoms with E-state index in [0.29, 0.717) is 5.95 Å². The summed E-state index contributed by atoms with van der Waals surface area (Å²) in [4.78, 5) is 11.7. The van der Waals surface area contributed by atoms with E-state index in [9.17, 15) is 5.11 Å². The van der Waals surface area contributed by atoms with Crippen molar-refractivity contribution < 1.29 is 5.11 Å². The minimum absolute atomic E-state index is 0.0992. The Balaban J connectivity index is 1.60. The molecule has 0 spiro atoms. The van der Waals surface area contributed by atoms with Crippen LogP contribution in [0.5, 0.6) is 0 Å². The second-order valence-electron chi connectivity index (χ2n) is 6.83. The number of aliphatic hydroxyl groups excluding tert-OH is 1. The second kappa shape index (κ2) is 8.11. The molecular formula is C21H23ClN4O. The molecule has 1 aliphatic rings. The zero-order valence-corrected chi connectivity index (χ0v) is 15.9. The van der Waals surface area contributed by atoms with Gasteiger partial charge >= 0.3 is 0 Å². The Kier molecular flexibility index (Phi) is 5.41. The summed E-state index contributed by atoms with van der Waals surface area (Å²) < 4.78 is 0. The summed E-state index contributed by atoms with van der Waals surface area (Å²) in [5.41, 5.74) is 2.02. The monoisotopic (exact) mass is 382 g/mol. The van der Waals surface area contributed by atoms with Crippen molar-refractivity contribution in [2.24, 2.45) is 0 Å². The molecule has 6 heteroatoms. The van der Waals surface area contributed by atoms with Crippen molar-refractivity contribution in [3.8, 4) is 0 Å². The molecule has 0 unspecified atom stereocenters. The molecule has 27 heavy (non-hydrogen) atoms. The number of aliphatic hydroxyl groups is 1. The fraction of sp³-hybridized carbons (Fsp3) is 0.333. The molecule has 5 nitrogen and oxygen atoms in total. The van der Waals surface area contributed by atoms with E-state index < -0.39 is 0 Å². The van der Waals surface area contributed by atoms with Crippen molar-refractivity contribution in [3.63, 3.8) is 0 Å². The number of benzene rings is 2. The van der Waals surface area contributed by atoms with Crippen LogP contribution in [0, 0.1) is 0 Å². The predicted molar refractivity (Wildman–Crippen MR) is 111 cm³/mol. The summed E-state index contributed by atoms with van der Waals surface area (Å²) >= 11 is 6.26. The SMILES string of the molecule is OC[C@@H]1CCCN1c1nc(NCCc2ccccc2Cl)c2ccccc2n1. The first-order valence-corrected chi connectivity index (χ1v) is 9.75. The van der Waals surface area contributed by atoms with E-state index in [1.807, 2.05) is 48.5 Å². The highest BCUT2D eigenvalue weighted by Gasteiger charge is 2.26. The zero-order chi connectivity index (χ0) is 18.6. The average molecular weight is 383 g/mol. The fourth-order valence-electron chi connectivity index (χ4n) is 3.63. The summed E-state index contributed by atoms with van der Waals surface area (Å²) in [5, 5.41) is 14.9. The van der Waals surface area contributed by atoms with E-state index in [-0.39, 0.29) is 12.6 Å². The van der Waals surface area contributed by atoms with Crippen molar-refractivity contribution in [1.82, 2.24) is 9.97 Å². The van der Waals surface area contributed by atoms with E-state index in [1.54, 1.807) is 0 Å². The lowest BCUT2D eigenvalue weighted by Crippen LogP contribution is -2.33. The van der Waals surface area contributed by atoms with Crippen LogP contribution in [0.15, 0.2) is 48.5 Å². The molecule has 0 radical (unpaired) electrons. The molecule has 3 aromatic rings. The molecule has 2 heterocycles. The number of para-hydroxylation sites is 1. The van der Waals surface area contributed by atoms with Gasteiger partial charge in [-0.05, 0) is 43.0 Å². The van der Waals surface area contributed by atoms with Gasteiger partial charge in [-0.3, -0.25) is 0 Å². The number of nitrogens with one attached hydrogen (secondary N) is 1. The zero-order valence-electron chi connectivity index (χ0n) is 15.1. The maximum Gasteiger partial charge on any atom is 0.228 e. The second-order valence-corrected chi connectivity index (χ2v) is 7.24. The summed E-state index contributed by atoms with van der Waals surface area (Å²) in [7, 11) is 0. The van der Waals surface area contributed by atoms with Crippen LogP contribution in [0.1, 0.15) is 18.4 Å². The molecule has 2 N–H and O–H groups in total. The Morgan fingerprint density at radius 1 is 1.11 bits per heavy atom. The number of aromatic nitrogens is 2. The van der Waals surface area contributed by atoms with Gasteiger partial charge in [0.2, 0.25) is 5.95 Å². The standard InChI is InChI=1S/C21H23ClN4O/c22-18-9-3-1-6-15(18)11-12-23-20-17-8-2-4-10-19(17)24-21(25-20)26-13-5-7-16(26)14-27/h1-4,6,8-10,16,27H,5,7,11-14H2,(H,23,24,25)/t16-/m0/s1. The van der Waals surface area contributed by atoms with Gasteiger partial charge in [-0.1, -0.05) is 41.9 Å². The normalized spacial score (nSPS) is 16.8. The molecule has 4 rings (SSSR count). The largest absolute Gasteiger partial charge is 0.394 e. The fourth-order valence-corrected chi connectivity index (χ4v) is 3.86. The van der Waals surface area contributed by atoms with E-state index in [1.165, 1.54) is 0 Å². The molecule has 0 bridgehead atoms. The molecule has 1 saturated heterocycles. The van der Waals surface area contributed by atoms with Gasteiger partial charge in [0.15, 0.2) is 0 Å². The van der Waals surface area contributed by atoms with Crippen molar-refractivity contribution >= 4 is 34.3 Å². The van der Waals surface area contributed by atoms with Gasteiger partial charge in [0.25, 0.3) is 0 Å². The molecule has 0 amide bonds. The van der Waals surface area contributed by atoms with E-state index in [2.05, 4.69) is 10.2 Å². The number of rotatable bonds is 6. The Labute approximate surface area is 164 Å². The summed E-state index contributed by atoms with van der Waals surface area (Å²) in [5.74, 6) is 1.51. The van der Waals surface area contributed by atoms with Gasteiger partial charge in [-0.15, -0.1) is 0 Å². The number of halogens is 1. The first kappa shape index (κ1) is 18.0. The first-order valence-electron chi connectivity index (χ1n) is 9.38. The van der Waals surface area contributed by atoms with Crippen LogP contribution >= 0.6 is 11.6 Å². The van der Waals surface area contributed by atoms with Crippen molar-refractivity contribution in [2.75, 3.05) is 29.9 Å². The van der Waals surface area contributed by atoms with Gasteiger partial charge in [0, 0.05) is 23.5 Å². The van der Waals surface area contributed by atoms with Gasteiger partial charge in [0.1, 0.15) is 5.82 Å². The average Bonchev–Trinajstić information content (AvgIpc) is 3.18. The van der Waals surface area contributed by atoms with Crippen LogP contribution < -0.4 is 10.2 Å². The van der Waals surface area contributed by atoms with Crippen LogP contribution in [0.4, 0.5) is 11.8 Å². The third kappa shape index (κ3) is 3.84. The molecule has 1 aliphatic heterocycles. The van der Waals surface area contributed by atoms with Gasteiger partial charge < -0.3 is 15.3 Å². The van der Waals surface area contributed by atoms with Crippen molar-refractivity contribution in [2.45, 2.75) is 25.3 Å². The van der Waals surface area contributed by atoms with Gasteiger partial charge in [-0.2, -0.15) is 4.98 Å². The summed E-state index contributed by atoms with van der Waals surface area (Å²) in [6.07, 6.45) is 2.84. The number of fused-ring (bicyclic) bond motifs is 1. The first-order chi connectivity index (χ1) is 13.3. The Bertz CT molecular complexity index is 933. The Hall–Kier alpha value is -2.37. The minimum Gasteiger partial charge on any atom is -0.394 e. The molecule has 1 aromatic heterocycles. The van der Waals surface area contributed by atoms with Gasteiger partial charge in [-0.25, -0.2) is 4.98 Å². The molecule has 0 saturated carbocycles. The molecule has 1 fully saturated rings. The topological polar surface area (TPSA) is 61.3 Å². The lowest BCUT2D eigenvalue weighted by molar-refractivity contribution is 0.265. The highest BCUT2D eigenvalue weighted by atomic mass is 35.5. The van der Waals surface area contributed by atoms with Crippen molar-refractivity contribution in [1.29, 1.82) is 0 Å². The smallest absolute Gasteiger partial charge is 0.228 e. The lowest BCUT2D eigenvalue weighted by Gasteiger charge is -2.24. The third-order valence-electron chi connectivity index (χ3n) is 5.08. The highest BCUT2D eigenvalue weighted by Crippen LogP contribution is 2.28. The third-order valence-corrected chi connectivity index (χ3v) is 5.45. The summed E-state index contributed by atoms with van der Waals surface area (Å²) in [6, 6.07) is 16.0. The Morgan fingerprint density at radius 2 is 1.93 bits per heavy atom. The van der Waals surface area contributed by atoms with Gasteiger partial charge in [0.05, 0.1) is 18.2 Å². The molecule has 0 aliphatic carbocycles. The highest BCUT2D eigenvalue weighted by molar-refractivity contribution is 6.31. The maximum atomic E-state index is 9.65. The molecular weight excluding hydrogens is 360 g/mol. The van der Waals surface area contributed by atoms with Crippen LogP contribution in [0.3, 0.4) is 0 Å². The van der Waals surface area contributed by atoms with Crippen molar-refractivity contribution in [3.05, 3.63) is 59.1 Å². The van der Waals surface area contributed by atoms with Crippen LogP contribution in [0.2, 0.25) is 5.02 Å². The molecule has 140 valence electrons. The Morgan fingerprint density at radius 3 is 2.78 bits per heavy atom. The maximum absolute atomic E-state index is 9.65. The molecule has 1 atom stereocenters. The van der Waals surface area contributed by atoms with Crippen LogP contribution in [-0.2, 0) is 6.42 Å². The molecule has 2 aromatic carbocycles. The van der Waals surface area contributed by atoms with E-state index >= 15 is 0 Å². The minimum atomic E-state index is 0.0992. The predicted octanol–water partition coefficient (Wildman–Crippen LogP) is 3.90. The number of anilines is 2. The van der Waals surface area contributed by atoms with E-state index in [4.69, 9.17) is 21.6 Å². The number of nitrogens with zero attached hydrogens (tertiary/aromatic N) is 3. The lowest BCUT2D eigenvalue weighted by atomic mass is 10.1. The van der Waals surface area contributed by atoms with E-state index in [0.717, 1.165) is 59.7 Å². The number of hydrogen-bond donors (Lipinski definition) is 2.